The van der Waals surface area contributed by atoms with Gasteiger partial charge < -0.3 is 15.1 Å². The van der Waals surface area contributed by atoms with Gasteiger partial charge >= 0.3 is 0 Å². The van der Waals surface area contributed by atoms with E-state index in [2.05, 4.69) is 55.4 Å². The predicted octanol–water partition coefficient (Wildman–Crippen LogP) is 3.04. The SMILES string of the molecule is Cc1cccc(CNC(=O)c2cnc(N3CCN(c4ccccc4)CC3)cn2)c1. The first-order valence-electron chi connectivity index (χ1n) is 9.90. The lowest BCUT2D eigenvalue weighted by molar-refractivity contribution is 0.0945. The molecule has 6 nitrogen and oxygen atoms in total. The van der Waals surface area contributed by atoms with Crippen molar-refractivity contribution in [1.29, 1.82) is 0 Å². The van der Waals surface area contributed by atoms with Crippen LogP contribution in [0, 0.1) is 6.92 Å². The number of piperazine rings is 1. The Morgan fingerprint density at radius 3 is 2.38 bits per heavy atom. The Bertz CT molecular complexity index is 951. The molecule has 29 heavy (non-hydrogen) atoms. The summed E-state index contributed by atoms with van der Waals surface area (Å²) in [4.78, 5) is 25.7. The Kier molecular flexibility index (Phi) is 5.70. The number of anilines is 2. The van der Waals surface area contributed by atoms with E-state index >= 15 is 0 Å². The molecule has 1 amide bonds. The molecule has 1 aliphatic rings. The third-order valence-corrected chi connectivity index (χ3v) is 5.13. The van der Waals surface area contributed by atoms with Crippen LogP contribution in [0.1, 0.15) is 21.6 Å². The third kappa shape index (κ3) is 4.71. The molecule has 1 aromatic heterocycles. The maximum absolute atomic E-state index is 12.4. The second-order valence-corrected chi connectivity index (χ2v) is 7.24. The fourth-order valence-corrected chi connectivity index (χ4v) is 3.53. The molecule has 2 heterocycles. The van der Waals surface area contributed by atoms with Gasteiger partial charge in [0.2, 0.25) is 0 Å². The van der Waals surface area contributed by atoms with Gasteiger partial charge in [0.15, 0.2) is 0 Å². The van der Waals surface area contributed by atoms with Crippen LogP contribution in [-0.4, -0.2) is 42.1 Å². The number of rotatable bonds is 5. The van der Waals surface area contributed by atoms with E-state index < -0.39 is 0 Å². The summed E-state index contributed by atoms with van der Waals surface area (Å²) >= 11 is 0. The van der Waals surface area contributed by atoms with E-state index in [0.717, 1.165) is 37.6 Å². The van der Waals surface area contributed by atoms with Crippen molar-refractivity contribution in [2.45, 2.75) is 13.5 Å². The van der Waals surface area contributed by atoms with Crippen molar-refractivity contribution >= 4 is 17.4 Å². The second kappa shape index (κ2) is 8.73. The van der Waals surface area contributed by atoms with Gasteiger partial charge in [-0.05, 0) is 24.6 Å². The van der Waals surface area contributed by atoms with Crippen LogP contribution < -0.4 is 15.1 Å². The minimum atomic E-state index is -0.209. The molecule has 6 heteroatoms. The molecule has 1 saturated heterocycles. The van der Waals surface area contributed by atoms with Crippen molar-refractivity contribution in [3.05, 3.63) is 83.8 Å². The Morgan fingerprint density at radius 2 is 1.69 bits per heavy atom. The normalized spacial score (nSPS) is 14.0. The lowest BCUT2D eigenvalue weighted by Gasteiger charge is -2.36. The van der Waals surface area contributed by atoms with Crippen molar-refractivity contribution in [1.82, 2.24) is 15.3 Å². The first-order valence-corrected chi connectivity index (χ1v) is 9.90. The standard InChI is InChI=1S/C23H25N5O/c1-18-6-5-7-19(14-18)15-26-23(29)21-16-25-22(17-24-21)28-12-10-27(11-13-28)20-8-3-2-4-9-20/h2-9,14,16-17H,10-13,15H2,1H3,(H,26,29). The number of hydrogen-bond acceptors (Lipinski definition) is 5. The van der Waals surface area contributed by atoms with Crippen LogP contribution >= 0.6 is 0 Å². The maximum Gasteiger partial charge on any atom is 0.271 e. The fourth-order valence-electron chi connectivity index (χ4n) is 3.53. The average molecular weight is 387 g/mol. The number of hydrogen-bond donors (Lipinski definition) is 1. The van der Waals surface area contributed by atoms with E-state index in [0.29, 0.717) is 12.2 Å². The van der Waals surface area contributed by atoms with Crippen LogP contribution in [0.3, 0.4) is 0 Å². The molecule has 3 aromatic rings. The van der Waals surface area contributed by atoms with Gasteiger partial charge in [0, 0.05) is 38.4 Å². The van der Waals surface area contributed by atoms with Crippen LogP contribution in [0.25, 0.3) is 0 Å². The third-order valence-electron chi connectivity index (χ3n) is 5.13. The molecule has 1 N–H and O–H groups in total. The number of benzene rings is 2. The summed E-state index contributed by atoms with van der Waals surface area (Å²) in [7, 11) is 0. The Balaban J connectivity index is 1.31. The van der Waals surface area contributed by atoms with Crippen molar-refractivity contribution in [3.8, 4) is 0 Å². The molecule has 148 valence electrons. The number of amides is 1. The van der Waals surface area contributed by atoms with Crippen molar-refractivity contribution < 1.29 is 4.79 Å². The van der Waals surface area contributed by atoms with Crippen molar-refractivity contribution in [2.24, 2.45) is 0 Å². The molecule has 0 atom stereocenters. The van der Waals surface area contributed by atoms with E-state index in [1.807, 2.05) is 31.2 Å². The average Bonchev–Trinajstić information content (AvgIpc) is 2.78. The second-order valence-electron chi connectivity index (χ2n) is 7.24. The van der Waals surface area contributed by atoms with E-state index in [4.69, 9.17) is 0 Å². The molecule has 4 rings (SSSR count). The molecule has 1 fully saturated rings. The fraction of sp³-hybridized carbons (Fsp3) is 0.261. The predicted molar refractivity (Wildman–Crippen MR) is 115 cm³/mol. The number of para-hydroxylation sites is 1. The Labute approximate surface area is 171 Å². The number of nitrogens with one attached hydrogen (secondary N) is 1. The van der Waals surface area contributed by atoms with Gasteiger partial charge in [-0.15, -0.1) is 0 Å². The summed E-state index contributed by atoms with van der Waals surface area (Å²) in [5.74, 6) is 0.604. The number of aromatic nitrogens is 2. The minimum Gasteiger partial charge on any atom is -0.368 e. The summed E-state index contributed by atoms with van der Waals surface area (Å²) in [5, 5.41) is 2.90. The van der Waals surface area contributed by atoms with Crippen LogP contribution in [0.15, 0.2) is 67.0 Å². The molecule has 0 bridgehead atoms. The summed E-state index contributed by atoms with van der Waals surface area (Å²) in [6.45, 7) is 6.14. The maximum atomic E-state index is 12.4. The van der Waals surface area contributed by atoms with Crippen LogP contribution in [0.5, 0.6) is 0 Å². The van der Waals surface area contributed by atoms with Gasteiger partial charge in [0.1, 0.15) is 11.5 Å². The number of carbonyl (C=O) groups is 1. The molecule has 0 spiro atoms. The van der Waals surface area contributed by atoms with Crippen LogP contribution in [0.4, 0.5) is 11.5 Å². The van der Waals surface area contributed by atoms with Crippen molar-refractivity contribution in [2.75, 3.05) is 36.0 Å². The molecular weight excluding hydrogens is 362 g/mol. The van der Waals surface area contributed by atoms with Gasteiger partial charge in [0.25, 0.3) is 5.91 Å². The summed E-state index contributed by atoms with van der Waals surface area (Å²) in [6.07, 6.45) is 3.25. The zero-order chi connectivity index (χ0) is 20.1. The molecule has 0 unspecified atom stereocenters. The summed E-state index contributed by atoms with van der Waals surface area (Å²) < 4.78 is 0. The van der Waals surface area contributed by atoms with E-state index in [1.165, 1.54) is 11.3 Å². The highest BCUT2D eigenvalue weighted by atomic mass is 16.1. The smallest absolute Gasteiger partial charge is 0.271 e. The zero-order valence-electron chi connectivity index (χ0n) is 16.6. The summed E-state index contributed by atoms with van der Waals surface area (Å²) in [5.41, 5.74) is 3.83. The molecule has 0 saturated carbocycles. The largest absolute Gasteiger partial charge is 0.368 e. The molecule has 0 aliphatic carbocycles. The number of carbonyl (C=O) groups excluding carboxylic acids is 1. The Hall–Kier alpha value is -3.41. The first kappa shape index (κ1) is 18.9. The topological polar surface area (TPSA) is 61.4 Å². The van der Waals surface area contributed by atoms with Gasteiger partial charge in [-0.2, -0.15) is 0 Å². The monoisotopic (exact) mass is 387 g/mol. The first-order chi connectivity index (χ1) is 14.2. The highest BCUT2D eigenvalue weighted by Crippen LogP contribution is 2.18. The molecule has 1 aliphatic heterocycles. The number of nitrogens with zero attached hydrogens (tertiary/aromatic N) is 4. The number of aryl methyl sites for hydroxylation is 1. The summed E-state index contributed by atoms with van der Waals surface area (Å²) in [6, 6.07) is 18.5. The Morgan fingerprint density at radius 1 is 0.931 bits per heavy atom. The lowest BCUT2D eigenvalue weighted by atomic mass is 10.1. The van der Waals surface area contributed by atoms with Gasteiger partial charge in [-0.25, -0.2) is 9.97 Å². The lowest BCUT2D eigenvalue weighted by Crippen LogP contribution is -2.46. The quantitative estimate of drug-likeness (QED) is 0.729. The highest BCUT2D eigenvalue weighted by Gasteiger charge is 2.19. The van der Waals surface area contributed by atoms with E-state index in [1.54, 1.807) is 12.4 Å². The molecule has 0 radical (unpaired) electrons. The molecule has 2 aromatic carbocycles. The van der Waals surface area contributed by atoms with E-state index in [9.17, 15) is 4.79 Å². The zero-order valence-corrected chi connectivity index (χ0v) is 16.6. The highest BCUT2D eigenvalue weighted by molar-refractivity contribution is 5.91. The van der Waals surface area contributed by atoms with Crippen LogP contribution in [0.2, 0.25) is 0 Å². The van der Waals surface area contributed by atoms with Gasteiger partial charge in [0.05, 0.1) is 12.4 Å². The van der Waals surface area contributed by atoms with E-state index in [-0.39, 0.29) is 5.91 Å². The molecular formula is C23H25N5O. The van der Waals surface area contributed by atoms with Gasteiger partial charge in [-0.1, -0.05) is 48.0 Å². The van der Waals surface area contributed by atoms with Crippen molar-refractivity contribution in [3.63, 3.8) is 0 Å². The van der Waals surface area contributed by atoms with Crippen LogP contribution in [-0.2, 0) is 6.54 Å². The minimum absolute atomic E-state index is 0.209. The van der Waals surface area contributed by atoms with Gasteiger partial charge in [-0.3, -0.25) is 4.79 Å².